The molecule has 0 radical (unpaired) electrons. The summed E-state index contributed by atoms with van der Waals surface area (Å²) in [5.41, 5.74) is 0.658. The number of ether oxygens (including phenoxy) is 1. The second-order valence-electron chi connectivity index (χ2n) is 7.57. The quantitative estimate of drug-likeness (QED) is 0.584. The van der Waals surface area contributed by atoms with Gasteiger partial charge in [0.25, 0.3) is 0 Å². The average molecular weight is 463 g/mol. The van der Waals surface area contributed by atoms with Crippen LogP contribution in [-0.4, -0.2) is 64.8 Å². The third kappa shape index (κ3) is 4.77. The molecule has 2 aromatic rings. The molecule has 1 atom stereocenters. The van der Waals surface area contributed by atoms with Crippen LogP contribution in [0.25, 0.3) is 11.4 Å². The topological polar surface area (TPSA) is 94.4 Å². The van der Waals surface area contributed by atoms with E-state index in [0.29, 0.717) is 55.8 Å². The zero-order valence-corrected chi connectivity index (χ0v) is 18.9. The van der Waals surface area contributed by atoms with Crippen LogP contribution in [0.4, 0.5) is 0 Å². The van der Waals surface area contributed by atoms with Crippen molar-refractivity contribution in [3.05, 3.63) is 36.9 Å². The summed E-state index contributed by atoms with van der Waals surface area (Å²) < 4.78 is 34.7. The summed E-state index contributed by atoms with van der Waals surface area (Å²) in [7, 11) is -3.61. The number of rotatable bonds is 7. The highest BCUT2D eigenvalue weighted by molar-refractivity contribution is 8.00. The molecule has 166 valence electrons. The van der Waals surface area contributed by atoms with Gasteiger partial charge in [-0.15, -0.1) is 16.8 Å². The molecule has 2 aliphatic rings. The number of allylic oxidation sites excluding steroid dienone is 1. The van der Waals surface area contributed by atoms with Gasteiger partial charge in [0.05, 0.1) is 23.4 Å². The van der Waals surface area contributed by atoms with Crippen LogP contribution < -0.4 is 0 Å². The number of benzene rings is 1. The zero-order valence-electron chi connectivity index (χ0n) is 17.3. The number of hydrogen-bond acceptors (Lipinski definition) is 7. The van der Waals surface area contributed by atoms with E-state index in [4.69, 9.17) is 4.74 Å². The lowest BCUT2D eigenvalue weighted by molar-refractivity contribution is -0.119. The monoisotopic (exact) mass is 462 g/mol. The fourth-order valence-electron chi connectivity index (χ4n) is 3.82. The van der Waals surface area contributed by atoms with Crippen LogP contribution >= 0.6 is 11.8 Å². The molecule has 1 aromatic heterocycles. The zero-order chi connectivity index (χ0) is 21.8. The van der Waals surface area contributed by atoms with Crippen LogP contribution in [0.1, 0.15) is 25.7 Å². The first-order valence-corrected chi connectivity index (χ1v) is 12.7. The van der Waals surface area contributed by atoms with Crippen molar-refractivity contribution in [2.24, 2.45) is 0 Å². The van der Waals surface area contributed by atoms with E-state index in [9.17, 15) is 13.2 Å². The summed E-state index contributed by atoms with van der Waals surface area (Å²) in [6, 6.07) is 6.77. The first kappa shape index (κ1) is 22.2. The van der Waals surface area contributed by atoms with E-state index >= 15 is 0 Å². The minimum Gasteiger partial charge on any atom is -0.379 e. The Kier molecular flexibility index (Phi) is 6.90. The van der Waals surface area contributed by atoms with Crippen molar-refractivity contribution in [2.75, 3.05) is 26.3 Å². The second-order valence-corrected chi connectivity index (χ2v) is 10.7. The Balaban J connectivity index is 1.65. The predicted octanol–water partition coefficient (Wildman–Crippen LogP) is 2.76. The second kappa shape index (κ2) is 9.64. The Bertz CT molecular complexity index is 1060. The number of thioether (sulfide) groups is 1. The van der Waals surface area contributed by atoms with Gasteiger partial charge in [-0.3, -0.25) is 9.36 Å². The molecular formula is C21H26N4O4S2. The summed E-state index contributed by atoms with van der Waals surface area (Å²) in [6.07, 6.45) is 5.18. The molecule has 1 aliphatic carbocycles. The molecule has 0 spiro atoms. The molecule has 1 saturated heterocycles. The maximum atomic E-state index is 13.1. The van der Waals surface area contributed by atoms with Gasteiger partial charge in [-0.25, -0.2) is 8.42 Å². The first-order chi connectivity index (χ1) is 15.0. The van der Waals surface area contributed by atoms with Gasteiger partial charge in [0.1, 0.15) is 5.78 Å². The SMILES string of the molecule is C=CCn1c(SC2CCCCC2=O)nnc1-c1cccc(S(=O)(=O)N2CCOCC2)c1. The van der Waals surface area contributed by atoms with Gasteiger partial charge in [0, 0.05) is 31.6 Å². The fraction of sp³-hybridized carbons (Fsp3) is 0.476. The van der Waals surface area contributed by atoms with E-state index < -0.39 is 10.0 Å². The Morgan fingerprint density at radius 3 is 2.77 bits per heavy atom. The van der Waals surface area contributed by atoms with Crippen LogP contribution in [0.3, 0.4) is 0 Å². The van der Waals surface area contributed by atoms with Gasteiger partial charge in [-0.05, 0) is 25.0 Å². The molecule has 1 aromatic carbocycles. The molecule has 8 nitrogen and oxygen atoms in total. The number of ketones is 1. The van der Waals surface area contributed by atoms with Gasteiger partial charge in [0.2, 0.25) is 10.0 Å². The number of Topliss-reactive ketones (excluding diaryl/α,β-unsaturated/α-hetero) is 1. The van der Waals surface area contributed by atoms with Crippen LogP contribution in [0, 0.1) is 0 Å². The van der Waals surface area contributed by atoms with Crippen LogP contribution in [-0.2, 0) is 26.1 Å². The molecule has 1 aliphatic heterocycles. The van der Waals surface area contributed by atoms with Crippen LogP contribution in [0.2, 0.25) is 0 Å². The Hall–Kier alpha value is -2.01. The highest BCUT2D eigenvalue weighted by atomic mass is 32.2. The average Bonchev–Trinajstić information content (AvgIpc) is 3.18. The van der Waals surface area contributed by atoms with E-state index in [1.807, 2.05) is 10.6 Å². The standard InChI is InChI=1S/C21H26N4O4S2/c1-2-10-25-20(22-23-21(25)30-19-9-4-3-8-18(19)26)16-6-5-7-17(15-16)31(27,28)24-11-13-29-14-12-24/h2,5-7,15,19H,1,3-4,8-14H2. The third-order valence-electron chi connectivity index (χ3n) is 5.47. The molecule has 31 heavy (non-hydrogen) atoms. The summed E-state index contributed by atoms with van der Waals surface area (Å²) in [5.74, 6) is 0.814. The normalized spacial score (nSPS) is 20.6. The van der Waals surface area contributed by atoms with Gasteiger partial charge < -0.3 is 4.74 Å². The first-order valence-electron chi connectivity index (χ1n) is 10.4. The lowest BCUT2D eigenvalue weighted by Gasteiger charge is -2.26. The van der Waals surface area contributed by atoms with Gasteiger partial charge >= 0.3 is 0 Å². The lowest BCUT2D eigenvalue weighted by Crippen LogP contribution is -2.40. The van der Waals surface area contributed by atoms with Crippen molar-refractivity contribution < 1.29 is 17.9 Å². The molecule has 1 unspecified atom stereocenters. The molecule has 4 rings (SSSR count). The molecule has 0 amide bonds. The molecule has 2 fully saturated rings. The van der Waals surface area contributed by atoms with Crippen LogP contribution in [0.5, 0.6) is 0 Å². The summed E-state index contributed by atoms with van der Waals surface area (Å²) in [5, 5.41) is 9.20. The van der Waals surface area contributed by atoms with Crippen molar-refractivity contribution >= 4 is 27.6 Å². The number of nitrogens with zero attached hydrogens (tertiary/aromatic N) is 4. The van der Waals surface area contributed by atoms with Crippen LogP contribution in [0.15, 0.2) is 47.0 Å². The minimum absolute atomic E-state index is 0.109. The Morgan fingerprint density at radius 2 is 2.03 bits per heavy atom. The van der Waals surface area contributed by atoms with Gasteiger partial charge in [-0.2, -0.15) is 4.31 Å². The smallest absolute Gasteiger partial charge is 0.243 e. The number of hydrogen-bond donors (Lipinski definition) is 0. The van der Waals surface area contributed by atoms with Gasteiger partial charge in [0.15, 0.2) is 11.0 Å². The number of sulfonamides is 1. The van der Waals surface area contributed by atoms with Crippen molar-refractivity contribution in [2.45, 2.75) is 47.5 Å². The predicted molar refractivity (Wildman–Crippen MR) is 118 cm³/mol. The van der Waals surface area contributed by atoms with E-state index in [1.54, 1.807) is 24.3 Å². The van der Waals surface area contributed by atoms with E-state index in [2.05, 4.69) is 16.8 Å². The third-order valence-corrected chi connectivity index (χ3v) is 8.67. The summed E-state index contributed by atoms with van der Waals surface area (Å²) in [4.78, 5) is 12.5. The van der Waals surface area contributed by atoms with Crippen molar-refractivity contribution in [3.8, 4) is 11.4 Å². The maximum Gasteiger partial charge on any atom is 0.243 e. The van der Waals surface area contributed by atoms with E-state index in [1.165, 1.54) is 16.1 Å². The maximum absolute atomic E-state index is 13.1. The molecular weight excluding hydrogens is 436 g/mol. The van der Waals surface area contributed by atoms with E-state index in [0.717, 1.165) is 19.3 Å². The van der Waals surface area contributed by atoms with Crippen molar-refractivity contribution in [1.82, 2.24) is 19.1 Å². The lowest BCUT2D eigenvalue weighted by atomic mass is 9.99. The molecule has 2 heterocycles. The largest absolute Gasteiger partial charge is 0.379 e. The van der Waals surface area contributed by atoms with E-state index in [-0.39, 0.29) is 15.9 Å². The highest BCUT2D eigenvalue weighted by Gasteiger charge is 2.28. The molecule has 1 saturated carbocycles. The van der Waals surface area contributed by atoms with Crippen molar-refractivity contribution in [3.63, 3.8) is 0 Å². The molecule has 0 bridgehead atoms. The highest BCUT2D eigenvalue weighted by Crippen LogP contribution is 2.33. The summed E-state index contributed by atoms with van der Waals surface area (Å²) in [6.45, 7) is 5.77. The number of aromatic nitrogens is 3. The van der Waals surface area contributed by atoms with Crippen molar-refractivity contribution in [1.29, 1.82) is 0 Å². The number of morpholine rings is 1. The number of carbonyl (C=O) groups excluding carboxylic acids is 1. The minimum atomic E-state index is -3.61. The Labute approximate surface area is 186 Å². The number of carbonyl (C=O) groups is 1. The molecule has 10 heteroatoms. The fourth-order valence-corrected chi connectivity index (χ4v) is 6.44. The van der Waals surface area contributed by atoms with Gasteiger partial charge in [-0.1, -0.05) is 36.4 Å². The summed E-state index contributed by atoms with van der Waals surface area (Å²) >= 11 is 1.44. The Morgan fingerprint density at radius 1 is 1.23 bits per heavy atom. The molecule has 0 N–H and O–H groups in total.